The maximum Gasteiger partial charge on any atom is 0.320 e. The highest BCUT2D eigenvalue weighted by Crippen LogP contribution is 2.07. The van der Waals surface area contributed by atoms with E-state index in [1.807, 2.05) is 25.7 Å². The Morgan fingerprint density at radius 1 is 1.47 bits per heavy atom. The molecule has 0 aromatic heterocycles. The van der Waals surface area contributed by atoms with Gasteiger partial charge in [-0.25, -0.2) is 4.99 Å². The highest BCUT2D eigenvalue weighted by atomic mass is 32.1. The van der Waals surface area contributed by atoms with Crippen molar-refractivity contribution in [3.05, 3.63) is 0 Å². The summed E-state index contributed by atoms with van der Waals surface area (Å²) in [6.45, 7) is 8.02. The van der Waals surface area contributed by atoms with Gasteiger partial charge in [0.05, 0.1) is 18.3 Å². The van der Waals surface area contributed by atoms with E-state index in [0.29, 0.717) is 26.2 Å². The zero-order valence-corrected chi connectivity index (χ0v) is 11.5. The summed E-state index contributed by atoms with van der Waals surface area (Å²) >= 11 is 4.48. The number of aliphatic imine (C=N–C) groups is 1. The molecule has 0 aromatic rings. The Hall–Kier alpha value is -0.810. The maximum absolute atomic E-state index is 11.6. The van der Waals surface area contributed by atoms with Crippen LogP contribution in [0.4, 0.5) is 0 Å². The van der Waals surface area contributed by atoms with Gasteiger partial charge in [-0.2, -0.15) is 0 Å². The number of carbonyl (C=O) groups is 1. The standard InChI is InChI=1S/C11H21N3O2S/c1-11(2,3)16-10(15)8-14(6-4-12)7-5-13-9-17/h4-8,12H2,1-3H3. The molecule has 0 aliphatic heterocycles. The number of ether oxygens (including phenoxy) is 1. The Labute approximate surface area is 108 Å². The molecule has 0 heterocycles. The van der Waals surface area contributed by atoms with Gasteiger partial charge in [0.1, 0.15) is 5.60 Å². The number of nitrogens with zero attached hydrogens (tertiary/aromatic N) is 2. The summed E-state index contributed by atoms with van der Waals surface area (Å²) in [5, 5.41) is 2.29. The van der Waals surface area contributed by atoms with E-state index in [9.17, 15) is 4.79 Å². The average molecular weight is 259 g/mol. The third-order valence-corrected chi connectivity index (χ3v) is 1.94. The van der Waals surface area contributed by atoms with Crippen molar-refractivity contribution in [2.75, 3.05) is 32.7 Å². The third-order valence-electron chi connectivity index (χ3n) is 1.81. The number of esters is 1. The van der Waals surface area contributed by atoms with Gasteiger partial charge >= 0.3 is 5.97 Å². The Morgan fingerprint density at radius 2 is 2.12 bits per heavy atom. The van der Waals surface area contributed by atoms with E-state index in [2.05, 4.69) is 22.4 Å². The normalized spacial score (nSPS) is 11.1. The molecule has 17 heavy (non-hydrogen) atoms. The van der Waals surface area contributed by atoms with Crippen molar-refractivity contribution in [1.29, 1.82) is 0 Å². The highest BCUT2D eigenvalue weighted by Gasteiger charge is 2.18. The SMILES string of the molecule is CC(C)(C)OC(=O)CN(CCN)CCN=C=S. The molecule has 0 fully saturated rings. The first-order valence-electron chi connectivity index (χ1n) is 5.57. The maximum atomic E-state index is 11.6. The van der Waals surface area contributed by atoms with Crippen LogP contribution >= 0.6 is 12.2 Å². The lowest BCUT2D eigenvalue weighted by molar-refractivity contribution is -0.156. The minimum Gasteiger partial charge on any atom is -0.459 e. The minimum absolute atomic E-state index is 0.224. The first-order valence-corrected chi connectivity index (χ1v) is 5.98. The van der Waals surface area contributed by atoms with Crippen LogP contribution in [0.1, 0.15) is 20.8 Å². The second-order valence-corrected chi connectivity index (χ2v) is 4.81. The van der Waals surface area contributed by atoms with Crippen LogP contribution in [0, 0.1) is 0 Å². The van der Waals surface area contributed by atoms with Crippen molar-refractivity contribution in [3.8, 4) is 0 Å². The lowest BCUT2D eigenvalue weighted by atomic mass is 10.2. The molecule has 0 atom stereocenters. The van der Waals surface area contributed by atoms with Crippen LogP contribution in [-0.4, -0.2) is 54.4 Å². The van der Waals surface area contributed by atoms with Crippen molar-refractivity contribution in [2.24, 2.45) is 10.7 Å². The first-order chi connectivity index (χ1) is 7.89. The van der Waals surface area contributed by atoms with E-state index < -0.39 is 5.60 Å². The number of hydrogen-bond acceptors (Lipinski definition) is 6. The minimum atomic E-state index is -0.460. The van der Waals surface area contributed by atoms with E-state index in [-0.39, 0.29) is 12.5 Å². The molecule has 0 aromatic carbocycles. The fourth-order valence-electron chi connectivity index (χ4n) is 1.25. The smallest absolute Gasteiger partial charge is 0.320 e. The van der Waals surface area contributed by atoms with Gasteiger partial charge in [-0.15, -0.1) is 0 Å². The van der Waals surface area contributed by atoms with Crippen LogP contribution in [0.3, 0.4) is 0 Å². The Kier molecular flexibility index (Phi) is 7.91. The van der Waals surface area contributed by atoms with E-state index in [1.54, 1.807) is 0 Å². The summed E-state index contributed by atoms with van der Waals surface area (Å²) in [6.07, 6.45) is 0. The Bertz CT molecular complexity index is 283. The molecule has 98 valence electrons. The molecular weight excluding hydrogens is 238 g/mol. The Balaban J connectivity index is 4.14. The number of carbonyl (C=O) groups excluding carboxylic acids is 1. The summed E-state index contributed by atoms with van der Waals surface area (Å²) in [6, 6.07) is 0. The zero-order chi connectivity index (χ0) is 13.3. The van der Waals surface area contributed by atoms with Crippen LogP contribution in [-0.2, 0) is 9.53 Å². The second-order valence-electron chi connectivity index (χ2n) is 4.62. The molecule has 0 saturated carbocycles. The molecule has 0 amide bonds. The van der Waals surface area contributed by atoms with E-state index >= 15 is 0 Å². The van der Waals surface area contributed by atoms with Gasteiger partial charge in [0, 0.05) is 19.6 Å². The van der Waals surface area contributed by atoms with E-state index in [1.165, 1.54) is 0 Å². The molecule has 0 rings (SSSR count). The summed E-state index contributed by atoms with van der Waals surface area (Å²) in [5.41, 5.74) is 5.02. The van der Waals surface area contributed by atoms with Crippen LogP contribution in [0.5, 0.6) is 0 Å². The van der Waals surface area contributed by atoms with Gasteiger partial charge in [-0.3, -0.25) is 9.69 Å². The lowest BCUT2D eigenvalue weighted by Gasteiger charge is -2.24. The molecule has 0 aliphatic carbocycles. The van der Waals surface area contributed by atoms with Crippen molar-refractivity contribution in [3.63, 3.8) is 0 Å². The third kappa shape index (κ3) is 10.1. The molecular formula is C11H21N3O2S. The second kappa shape index (κ2) is 8.31. The predicted molar refractivity (Wildman–Crippen MR) is 71.2 cm³/mol. The fourth-order valence-corrected chi connectivity index (χ4v) is 1.34. The average Bonchev–Trinajstić information content (AvgIpc) is 2.15. The van der Waals surface area contributed by atoms with Crippen LogP contribution in [0.15, 0.2) is 4.99 Å². The predicted octanol–water partition coefficient (Wildman–Crippen LogP) is 0.692. The van der Waals surface area contributed by atoms with Gasteiger partial charge in [0.2, 0.25) is 0 Å². The number of thiocarbonyl (C=S) groups is 1. The molecule has 2 N–H and O–H groups in total. The van der Waals surface area contributed by atoms with Gasteiger partial charge in [0.15, 0.2) is 0 Å². The van der Waals surface area contributed by atoms with Gasteiger partial charge in [0.25, 0.3) is 0 Å². The quantitative estimate of drug-likeness (QED) is 0.414. The highest BCUT2D eigenvalue weighted by molar-refractivity contribution is 7.78. The first kappa shape index (κ1) is 16.2. The number of hydrogen-bond donors (Lipinski definition) is 1. The largest absolute Gasteiger partial charge is 0.459 e. The zero-order valence-electron chi connectivity index (χ0n) is 10.7. The molecule has 0 bridgehead atoms. The number of nitrogens with two attached hydrogens (primary N) is 1. The lowest BCUT2D eigenvalue weighted by Crippen LogP contribution is -2.38. The van der Waals surface area contributed by atoms with Crippen LogP contribution in [0.25, 0.3) is 0 Å². The summed E-state index contributed by atoms with van der Waals surface area (Å²) in [4.78, 5) is 17.3. The number of isothiocyanates is 1. The van der Waals surface area contributed by atoms with Crippen LogP contribution < -0.4 is 5.73 Å². The van der Waals surface area contributed by atoms with Crippen molar-refractivity contribution in [2.45, 2.75) is 26.4 Å². The molecule has 0 spiro atoms. The fraction of sp³-hybridized carbons (Fsp3) is 0.818. The van der Waals surface area contributed by atoms with Crippen molar-refractivity contribution < 1.29 is 9.53 Å². The molecule has 6 heteroatoms. The van der Waals surface area contributed by atoms with Gasteiger partial charge < -0.3 is 10.5 Å². The van der Waals surface area contributed by atoms with Gasteiger partial charge in [-0.1, -0.05) is 0 Å². The van der Waals surface area contributed by atoms with E-state index in [4.69, 9.17) is 10.5 Å². The van der Waals surface area contributed by atoms with Crippen molar-refractivity contribution >= 4 is 23.3 Å². The summed E-state index contributed by atoms with van der Waals surface area (Å²) < 4.78 is 5.23. The van der Waals surface area contributed by atoms with Gasteiger partial charge in [-0.05, 0) is 33.0 Å². The topological polar surface area (TPSA) is 67.9 Å². The molecule has 0 aliphatic rings. The molecule has 0 unspecified atom stereocenters. The molecule has 0 radical (unpaired) electrons. The monoisotopic (exact) mass is 259 g/mol. The molecule has 5 nitrogen and oxygen atoms in total. The number of rotatable bonds is 7. The van der Waals surface area contributed by atoms with Crippen LogP contribution in [0.2, 0.25) is 0 Å². The Morgan fingerprint density at radius 3 is 2.59 bits per heavy atom. The summed E-state index contributed by atoms with van der Waals surface area (Å²) in [5.74, 6) is -0.253. The van der Waals surface area contributed by atoms with E-state index in [0.717, 1.165) is 0 Å². The summed E-state index contributed by atoms with van der Waals surface area (Å²) in [7, 11) is 0. The molecule has 0 saturated heterocycles. The van der Waals surface area contributed by atoms with Crippen molar-refractivity contribution in [1.82, 2.24) is 4.90 Å².